The van der Waals surface area contributed by atoms with E-state index in [-0.39, 0.29) is 32.5 Å². The van der Waals surface area contributed by atoms with Gasteiger partial charge in [-0.15, -0.1) is 0 Å². The van der Waals surface area contributed by atoms with Crippen LogP contribution in [-0.4, -0.2) is 4.57 Å². The Morgan fingerprint density at radius 1 is 0.274 bits per heavy atom. The number of nitrogens with zero attached hydrogens (tertiary/aromatic N) is 2. The van der Waals surface area contributed by atoms with E-state index in [4.69, 9.17) is 0 Å². The van der Waals surface area contributed by atoms with Gasteiger partial charge in [-0.2, -0.15) is 0 Å². The fourth-order valence-corrected chi connectivity index (χ4v) is 12.7. The molecule has 0 aliphatic heterocycles. The van der Waals surface area contributed by atoms with Crippen LogP contribution in [0.4, 0.5) is 17.1 Å². The monoisotopic (exact) mass is 1100 g/mol. The van der Waals surface area contributed by atoms with E-state index in [0.717, 1.165) is 17.1 Å². The molecular weight excluding hydrogens is 1010 g/mol. The molecular formula is C82H86N2. The van der Waals surface area contributed by atoms with Gasteiger partial charge >= 0.3 is 0 Å². The van der Waals surface area contributed by atoms with Gasteiger partial charge in [-0.3, -0.25) is 0 Å². The molecule has 12 aromatic rings. The van der Waals surface area contributed by atoms with Crippen LogP contribution in [0.5, 0.6) is 0 Å². The predicted octanol–water partition coefficient (Wildman–Crippen LogP) is 23.9. The Bertz CT molecular complexity index is 4380. The zero-order valence-corrected chi connectivity index (χ0v) is 53.4. The Morgan fingerprint density at radius 3 is 1.23 bits per heavy atom. The number of anilines is 3. The average molecular weight is 1100 g/mol. The van der Waals surface area contributed by atoms with Gasteiger partial charge in [0.15, 0.2) is 0 Å². The summed E-state index contributed by atoms with van der Waals surface area (Å²) in [5, 5.41) is 10.1. The second kappa shape index (κ2) is 19.8. The van der Waals surface area contributed by atoms with Gasteiger partial charge in [0.2, 0.25) is 0 Å². The SMILES string of the molecule is CC(C)(C)c1cc(-c2ccc(N(c3ccccc3-c3cccc(-c4cc(C(C)(C)C)cc(C(C)(C)C)c4)c3)c3ccc4ccc5c(-n6c7ccc(C(C)(C)C)cc7c7cc(C(C)(C)C)ccc76)ccc6ccc3c4c65)cc2)cc(C(C)(C)C)c1. The molecule has 0 aliphatic carbocycles. The molecule has 0 radical (unpaired) electrons. The highest BCUT2D eigenvalue weighted by Crippen LogP contribution is 2.49. The van der Waals surface area contributed by atoms with Gasteiger partial charge in [0.05, 0.1) is 28.1 Å². The maximum atomic E-state index is 2.54. The maximum absolute atomic E-state index is 2.54. The molecule has 84 heavy (non-hydrogen) atoms. The first-order valence-electron chi connectivity index (χ1n) is 30.6. The van der Waals surface area contributed by atoms with E-state index < -0.39 is 0 Å². The molecule has 0 fully saturated rings. The van der Waals surface area contributed by atoms with Crippen LogP contribution in [0.15, 0.2) is 194 Å². The molecule has 1 heterocycles. The van der Waals surface area contributed by atoms with Crippen molar-refractivity contribution in [3.8, 4) is 39.1 Å². The van der Waals surface area contributed by atoms with Crippen LogP contribution < -0.4 is 4.90 Å². The molecule has 2 nitrogen and oxygen atoms in total. The lowest BCUT2D eigenvalue weighted by Gasteiger charge is -2.30. The smallest absolute Gasteiger partial charge is 0.0541 e. The minimum Gasteiger partial charge on any atom is -0.309 e. The van der Waals surface area contributed by atoms with Crippen molar-refractivity contribution in [1.82, 2.24) is 4.57 Å². The van der Waals surface area contributed by atoms with Gasteiger partial charge in [0.25, 0.3) is 0 Å². The number of fused-ring (bicyclic) bond motifs is 3. The van der Waals surface area contributed by atoms with Crippen LogP contribution in [0.1, 0.15) is 158 Å². The maximum Gasteiger partial charge on any atom is 0.0541 e. The summed E-state index contributed by atoms with van der Waals surface area (Å²) in [5.41, 5.74) is 22.4. The summed E-state index contributed by atoms with van der Waals surface area (Å²) in [6.07, 6.45) is 0. The van der Waals surface area contributed by atoms with Gasteiger partial charge < -0.3 is 9.47 Å². The molecule has 0 N–H and O–H groups in total. The molecule has 0 atom stereocenters. The van der Waals surface area contributed by atoms with Gasteiger partial charge in [0, 0.05) is 32.8 Å². The zero-order valence-electron chi connectivity index (χ0n) is 53.4. The van der Waals surface area contributed by atoms with Crippen molar-refractivity contribution in [2.45, 2.75) is 157 Å². The normalized spacial score (nSPS) is 13.1. The van der Waals surface area contributed by atoms with Gasteiger partial charge in [-0.25, -0.2) is 0 Å². The fraction of sp³-hybridized carbons (Fsp3) is 0.293. The van der Waals surface area contributed by atoms with Gasteiger partial charge in [-0.1, -0.05) is 258 Å². The second-order valence-corrected chi connectivity index (χ2v) is 30.5. The fourth-order valence-electron chi connectivity index (χ4n) is 12.7. The van der Waals surface area contributed by atoms with Crippen LogP contribution >= 0.6 is 0 Å². The summed E-state index contributed by atoms with van der Waals surface area (Å²) >= 11 is 0. The number of hydrogen-bond donors (Lipinski definition) is 0. The first kappa shape index (κ1) is 56.5. The third-order valence-electron chi connectivity index (χ3n) is 18.0. The van der Waals surface area contributed by atoms with Crippen LogP contribution in [0.25, 0.3) is 93.2 Å². The van der Waals surface area contributed by atoms with Crippen LogP contribution in [-0.2, 0) is 32.5 Å². The molecule has 0 spiro atoms. The van der Waals surface area contributed by atoms with Crippen LogP contribution in [0.2, 0.25) is 0 Å². The lowest BCUT2D eigenvalue weighted by atomic mass is 9.79. The van der Waals surface area contributed by atoms with Crippen molar-refractivity contribution in [3.05, 3.63) is 228 Å². The molecule has 1 aromatic heterocycles. The summed E-state index contributed by atoms with van der Waals surface area (Å²) in [6.45, 7) is 41.8. The number of benzene rings is 11. The third kappa shape index (κ3) is 10.2. The molecule has 0 unspecified atom stereocenters. The van der Waals surface area contributed by atoms with Crippen molar-refractivity contribution < 1.29 is 0 Å². The van der Waals surface area contributed by atoms with E-state index in [0.29, 0.717) is 0 Å². The molecule has 0 saturated carbocycles. The van der Waals surface area contributed by atoms with Gasteiger partial charge in [-0.05, 0) is 176 Å². The Labute approximate surface area is 501 Å². The number of rotatable bonds is 7. The van der Waals surface area contributed by atoms with E-state index in [1.807, 2.05) is 0 Å². The van der Waals surface area contributed by atoms with Gasteiger partial charge in [0.1, 0.15) is 0 Å². The number of hydrogen-bond acceptors (Lipinski definition) is 1. The molecule has 2 heteroatoms. The highest BCUT2D eigenvalue weighted by atomic mass is 15.1. The Hall–Kier alpha value is -7.94. The number of para-hydroxylation sites is 1. The van der Waals surface area contributed by atoms with Crippen molar-refractivity contribution in [2.75, 3.05) is 4.90 Å². The molecule has 424 valence electrons. The second-order valence-electron chi connectivity index (χ2n) is 30.5. The first-order chi connectivity index (χ1) is 39.4. The molecule has 0 amide bonds. The highest BCUT2D eigenvalue weighted by Gasteiger charge is 2.28. The quantitative estimate of drug-likeness (QED) is 0.144. The Balaban J connectivity index is 1.09. The highest BCUT2D eigenvalue weighted by molar-refractivity contribution is 6.27. The summed E-state index contributed by atoms with van der Waals surface area (Å²) < 4.78 is 2.54. The molecule has 12 rings (SSSR count). The first-order valence-corrected chi connectivity index (χ1v) is 30.6. The molecule has 0 saturated heterocycles. The van der Waals surface area contributed by atoms with Crippen LogP contribution in [0.3, 0.4) is 0 Å². The molecule has 0 bridgehead atoms. The van der Waals surface area contributed by atoms with Crippen molar-refractivity contribution in [1.29, 1.82) is 0 Å². The van der Waals surface area contributed by atoms with Crippen molar-refractivity contribution in [2.24, 2.45) is 0 Å². The largest absolute Gasteiger partial charge is 0.309 e. The molecule has 0 aliphatic rings. The summed E-state index contributed by atoms with van der Waals surface area (Å²) in [4.78, 5) is 2.54. The minimum atomic E-state index is 0.000762. The van der Waals surface area contributed by atoms with E-state index in [9.17, 15) is 0 Å². The molecule has 11 aromatic carbocycles. The Kier molecular flexibility index (Phi) is 13.4. The standard InChI is InChI=1S/C82H86N2/c1-77(2,3)58-32-40-73-68(49-58)69-50-59(78(4,5)6)33-41-74(69)84(73)72-39-31-53-28-36-66-71(38-30-52-29-37-67(72)76(53)75(52)66)83(64-34-26-51(27-35-64)56-43-60(79(7,8)9)47-61(44-56)80(10,11)12)70-25-20-19-24-65(70)55-23-21-22-54(42-55)57-45-62(81(13,14)15)48-63(46-57)82(16,17)18/h19-50H,1-18H3. The van der Waals surface area contributed by atoms with E-state index >= 15 is 0 Å². The summed E-state index contributed by atoms with van der Waals surface area (Å²) in [6, 6.07) is 75.4. The van der Waals surface area contributed by atoms with E-state index in [2.05, 4.69) is 328 Å². The minimum absolute atomic E-state index is 0.000762. The van der Waals surface area contributed by atoms with E-state index in [1.165, 1.54) is 127 Å². The average Bonchev–Trinajstić information content (AvgIpc) is 1.31. The Morgan fingerprint density at radius 2 is 0.714 bits per heavy atom. The summed E-state index contributed by atoms with van der Waals surface area (Å²) in [7, 11) is 0. The van der Waals surface area contributed by atoms with E-state index in [1.54, 1.807) is 0 Å². The summed E-state index contributed by atoms with van der Waals surface area (Å²) in [5.74, 6) is 0. The zero-order chi connectivity index (χ0) is 59.8. The number of aromatic nitrogens is 1. The van der Waals surface area contributed by atoms with Crippen molar-refractivity contribution in [3.63, 3.8) is 0 Å². The van der Waals surface area contributed by atoms with Crippen LogP contribution in [0, 0.1) is 0 Å². The predicted molar refractivity (Wildman–Crippen MR) is 368 cm³/mol. The lowest BCUT2D eigenvalue weighted by Crippen LogP contribution is -2.16. The third-order valence-corrected chi connectivity index (χ3v) is 18.0. The topological polar surface area (TPSA) is 8.17 Å². The lowest BCUT2D eigenvalue weighted by molar-refractivity contribution is 0.568. The van der Waals surface area contributed by atoms with Crippen molar-refractivity contribution >= 4 is 71.2 Å².